The highest BCUT2D eigenvalue weighted by molar-refractivity contribution is 5.70. The van der Waals surface area contributed by atoms with Crippen molar-refractivity contribution in [1.82, 2.24) is 4.90 Å². The van der Waals surface area contributed by atoms with Crippen LogP contribution in [0.3, 0.4) is 0 Å². The molecule has 0 aromatic carbocycles. The van der Waals surface area contributed by atoms with Gasteiger partial charge in [0.05, 0.1) is 12.0 Å². The number of aliphatic hydroxyl groups is 1. The molecule has 0 aromatic rings. The topological polar surface area (TPSA) is 60.8 Å². The Balaban J connectivity index is 2.32. The van der Waals surface area contributed by atoms with E-state index in [4.69, 9.17) is 10.2 Å². The molecule has 0 heterocycles. The summed E-state index contributed by atoms with van der Waals surface area (Å²) >= 11 is 0. The van der Waals surface area contributed by atoms with Crippen molar-refractivity contribution < 1.29 is 15.0 Å². The highest BCUT2D eigenvalue weighted by atomic mass is 16.4. The summed E-state index contributed by atoms with van der Waals surface area (Å²) in [6, 6.07) is 0.0419. The number of carboxylic acid groups (broad SMARTS) is 1. The molecule has 1 aliphatic rings. The Morgan fingerprint density at radius 1 is 1.47 bits per heavy atom. The summed E-state index contributed by atoms with van der Waals surface area (Å²) in [4.78, 5) is 12.9. The Morgan fingerprint density at radius 3 is 2.40 bits per heavy atom. The lowest BCUT2D eigenvalue weighted by Crippen LogP contribution is -2.44. The van der Waals surface area contributed by atoms with E-state index in [1.807, 2.05) is 14.0 Å². The first-order chi connectivity index (χ1) is 6.91. The van der Waals surface area contributed by atoms with E-state index in [-0.39, 0.29) is 18.1 Å². The van der Waals surface area contributed by atoms with Crippen LogP contribution < -0.4 is 0 Å². The Kier molecular flexibility index (Phi) is 4.11. The monoisotopic (exact) mass is 215 g/mol. The van der Waals surface area contributed by atoms with Crippen LogP contribution in [0.1, 0.15) is 26.7 Å². The number of carbonyl (C=O) groups is 1. The van der Waals surface area contributed by atoms with Gasteiger partial charge in [0.1, 0.15) is 0 Å². The van der Waals surface area contributed by atoms with E-state index in [1.54, 1.807) is 6.92 Å². The molecule has 0 bridgehead atoms. The molecule has 0 aromatic heterocycles. The molecule has 4 nitrogen and oxygen atoms in total. The van der Waals surface area contributed by atoms with Crippen LogP contribution in [0.5, 0.6) is 0 Å². The molecule has 0 saturated heterocycles. The van der Waals surface area contributed by atoms with Crippen molar-refractivity contribution in [1.29, 1.82) is 0 Å². The summed E-state index contributed by atoms with van der Waals surface area (Å²) in [6.07, 6.45) is 1.59. The maximum Gasteiger partial charge on any atom is 0.307 e. The summed E-state index contributed by atoms with van der Waals surface area (Å²) in [5, 5.41) is 18.0. The van der Waals surface area contributed by atoms with Gasteiger partial charge in [0.2, 0.25) is 0 Å². The fraction of sp³-hybridized carbons (Fsp3) is 0.909. The third-order valence-corrected chi connectivity index (χ3v) is 3.57. The number of nitrogens with zero attached hydrogens (tertiary/aromatic N) is 1. The van der Waals surface area contributed by atoms with Gasteiger partial charge in [-0.3, -0.25) is 4.79 Å². The maximum atomic E-state index is 10.8. The lowest BCUT2D eigenvalue weighted by molar-refractivity contribution is -0.143. The molecule has 2 unspecified atom stereocenters. The fourth-order valence-corrected chi connectivity index (χ4v) is 2.01. The number of hydrogen-bond donors (Lipinski definition) is 2. The lowest BCUT2D eigenvalue weighted by atomic mass is 9.82. The zero-order valence-corrected chi connectivity index (χ0v) is 9.68. The highest BCUT2D eigenvalue weighted by Crippen LogP contribution is 2.28. The summed E-state index contributed by atoms with van der Waals surface area (Å²) in [5.74, 6) is -0.559. The predicted octanol–water partition coefficient (Wildman–Crippen LogP) is 0.798. The normalized spacial score (nSPS) is 29.7. The molecule has 1 aliphatic carbocycles. The van der Waals surface area contributed by atoms with Crippen molar-refractivity contribution >= 4 is 5.97 Å². The van der Waals surface area contributed by atoms with Crippen LogP contribution in [0.4, 0.5) is 0 Å². The van der Waals surface area contributed by atoms with E-state index in [9.17, 15) is 4.79 Å². The van der Waals surface area contributed by atoms with Crippen LogP contribution in [-0.2, 0) is 4.79 Å². The number of aliphatic hydroxyl groups excluding tert-OH is 1. The average molecular weight is 215 g/mol. The third kappa shape index (κ3) is 3.18. The molecule has 88 valence electrons. The fourth-order valence-electron chi connectivity index (χ4n) is 2.01. The smallest absolute Gasteiger partial charge is 0.307 e. The van der Waals surface area contributed by atoms with Crippen LogP contribution in [0.15, 0.2) is 0 Å². The highest BCUT2D eigenvalue weighted by Gasteiger charge is 2.30. The minimum atomic E-state index is -0.747. The van der Waals surface area contributed by atoms with Crippen molar-refractivity contribution in [2.24, 2.45) is 11.8 Å². The quantitative estimate of drug-likeness (QED) is 0.712. The second-order valence-electron chi connectivity index (χ2n) is 4.80. The van der Waals surface area contributed by atoms with Crippen molar-refractivity contribution in [3.8, 4) is 0 Å². The van der Waals surface area contributed by atoms with Crippen molar-refractivity contribution in [3.05, 3.63) is 0 Å². The maximum absolute atomic E-state index is 10.8. The summed E-state index contributed by atoms with van der Waals surface area (Å²) in [6.45, 7) is 4.56. The zero-order chi connectivity index (χ0) is 11.6. The van der Waals surface area contributed by atoms with Crippen molar-refractivity contribution in [3.63, 3.8) is 0 Å². The lowest BCUT2D eigenvalue weighted by Gasteiger charge is -2.37. The van der Waals surface area contributed by atoms with Gasteiger partial charge < -0.3 is 15.1 Å². The number of hydrogen-bond acceptors (Lipinski definition) is 3. The molecule has 1 fully saturated rings. The Morgan fingerprint density at radius 2 is 2.00 bits per heavy atom. The molecule has 0 amide bonds. The zero-order valence-electron chi connectivity index (χ0n) is 9.68. The molecule has 2 atom stereocenters. The standard InChI is InChI=1S/C11H21NO3/c1-7(11(14)15)8(2)12(3)6-9-4-10(13)5-9/h7-10,13H,4-6H2,1-3H3,(H,14,15). The van der Waals surface area contributed by atoms with Gasteiger partial charge in [-0.15, -0.1) is 0 Å². The van der Waals surface area contributed by atoms with Gasteiger partial charge in [-0.1, -0.05) is 6.92 Å². The molecule has 4 heteroatoms. The molecular weight excluding hydrogens is 194 g/mol. The number of aliphatic carboxylic acids is 1. The second-order valence-corrected chi connectivity index (χ2v) is 4.80. The van der Waals surface area contributed by atoms with Gasteiger partial charge in [-0.2, -0.15) is 0 Å². The molecule has 1 rings (SSSR count). The molecule has 0 aliphatic heterocycles. The number of rotatable bonds is 5. The van der Waals surface area contributed by atoms with Gasteiger partial charge in [0, 0.05) is 12.6 Å². The van der Waals surface area contributed by atoms with E-state index < -0.39 is 5.97 Å². The Bertz CT molecular complexity index is 226. The van der Waals surface area contributed by atoms with E-state index >= 15 is 0 Å². The Hall–Kier alpha value is -0.610. The number of carboxylic acids is 1. The third-order valence-electron chi connectivity index (χ3n) is 3.57. The first-order valence-corrected chi connectivity index (χ1v) is 5.53. The van der Waals surface area contributed by atoms with E-state index in [0.717, 1.165) is 19.4 Å². The van der Waals surface area contributed by atoms with Gasteiger partial charge in [0.15, 0.2) is 0 Å². The van der Waals surface area contributed by atoms with Crippen molar-refractivity contribution in [2.45, 2.75) is 38.8 Å². The van der Waals surface area contributed by atoms with Gasteiger partial charge in [0.25, 0.3) is 0 Å². The van der Waals surface area contributed by atoms with Crippen LogP contribution in [0.25, 0.3) is 0 Å². The average Bonchev–Trinajstić information content (AvgIpc) is 2.12. The molecule has 0 radical (unpaired) electrons. The largest absolute Gasteiger partial charge is 0.481 e. The first-order valence-electron chi connectivity index (χ1n) is 5.53. The molecule has 1 saturated carbocycles. The molecule has 0 spiro atoms. The van der Waals surface area contributed by atoms with Crippen molar-refractivity contribution in [2.75, 3.05) is 13.6 Å². The second kappa shape index (κ2) is 4.94. The minimum Gasteiger partial charge on any atom is -0.481 e. The van der Waals surface area contributed by atoms with E-state index in [2.05, 4.69) is 4.90 Å². The molecular formula is C11H21NO3. The van der Waals surface area contributed by atoms with Crippen LogP contribution in [-0.4, -0.2) is 46.8 Å². The van der Waals surface area contributed by atoms with E-state index in [0.29, 0.717) is 5.92 Å². The summed E-state index contributed by atoms with van der Waals surface area (Å²) < 4.78 is 0. The Labute approximate surface area is 90.9 Å². The van der Waals surface area contributed by atoms with Gasteiger partial charge in [-0.25, -0.2) is 0 Å². The van der Waals surface area contributed by atoms with Crippen LogP contribution in [0, 0.1) is 11.8 Å². The summed E-state index contributed by atoms with van der Waals surface area (Å²) in [7, 11) is 1.95. The van der Waals surface area contributed by atoms with Gasteiger partial charge >= 0.3 is 5.97 Å². The van der Waals surface area contributed by atoms with Gasteiger partial charge in [-0.05, 0) is 32.7 Å². The summed E-state index contributed by atoms with van der Waals surface area (Å²) in [5.41, 5.74) is 0. The van der Waals surface area contributed by atoms with E-state index in [1.165, 1.54) is 0 Å². The molecule has 2 N–H and O–H groups in total. The van der Waals surface area contributed by atoms with Crippen LogP contribution >= 0.6 is 0 Å². The van der Waals surface area contributed by atoms with Crippen LogP contribution in [0.2, 0.25) is 0 Å². The SMILES string of the molecule is CC(C(=O)O)C(C)N(C)CC1CC(O)C1. The first kappa shape index (κ1) is 12.5. The molecule has 15 heavy (non-hydrogen) atoms. The predicted molar refractivity (Wildman–Crippen MR) is 57.6 cm³/mol. The minimum absolute atomic E-state index is 0.0419.